The summed E-state index contributed by atoms with van der Waals surface area (Å²) >= 11 is 0. The van der Waals surface area contributed by atoms with Crippen LogP contribution in [0.1, 0.15) is 16.1 Å². The Hall–Kier alpha value is -2.68. The van der Waals surface area contributed by atoms with Gasteiger partial charge < -0.3 is 5.73 Å². The Kier molecular flexibility index (Phi) is 3.17. The summed E-state index contributed by atoms with van der Waals surface area (Å²) in [5, 5.41) is 2.06. The highest BCUT2D eigenvalue weighted by Crippen LogP contribution is 2.23. The van der Waals surface area contributed by atoms with E-state index in [1.165, 1.54) is 0 Å². The molecule has 2 N–H and O–H groups in total. The second kappa shape index (κ2) is 5.13. The molecule has 0 unspecified atom stereocenters. The first-order chi connectivity index (χ1) is 9.74. The van der Waals surface area contributed by atoms with Crippen molar-refractivity contribution in [3.05, 3.63) is 72.1 Å². The second-order valence-electron chi connectivity index (χ2n) is 4.71. The van der Waals surface area contributed by atoms with E-state index in [1.807, 2.05) is 54.6 Å². The summed E-state index contributed by atoms with van der Waals surface area (Å²) in [5.41, 5.74) is 7.84. The molecule has 3 heteroatoms. The summed E-state index contributed by atoms with van der Waals surface area (Å²) in [6.45, 7) is 0. The number of rotatable bonds is 3. The molecular weight excluding hydrogens is 248 g/mol. The minimum Gasteiger partial charge on any atom is -0.398 e. The lowest BCUT2D eigenvalue weighted by molar-refractivity contribution is 0.0993. The van der Waals surface area contributed by atoms with E-state index in [4.69, 9.17) is 5.73 Å². The van der Waals surface area contributed by atoms with Gasteiger partial charge in [-0.3, -0.25) is 9.78 Å². The highest BCUT2D eigenvalue weighted by atomic mass is 16.1. The van der Waals surface area contributed by atoms with Crippen LogP contribution in [-0.2, 0) is 6.42 Å². The van der Waals surface area contributed by atoms with Gasteiger partial charge in [-0.25, -0.2) is 0 Å². The minimum absolute atomic E-state index is 0.00745. The first-order valence-corrected chi connectivity index (χ1v) is 6.45. The Morgan fingerprint density at radius 2 is 1.70 bits per heavy atom. The summed E-state index contributed by atoms with van der Waals surface area (Å²) in [5.74, 6) is -0.00745. The first-order valence-electron chi connectivity index (χ1n) is 6.45. The van der Waals surface area contributed by atoms with Crippen LogP contribution in [0.2, 0.25) is 0 Å². The van der Waals surface area contributed by atoms with Gasteiger partial charge >= 0.3 is 0 Å². The van der Waals surface area contributed by atoms with Gasteiger partial charge in [-0.05, 0) is 35.0 Å². The fourth-order valence-corrected chi connectivity index (χ4v) is 2.26. The standard InChI is InChI=1S/C17H14N2O/c18-16-10-13-6-2-1-5-12(13)9-15(16)17(20)11-14-7-3-4-8-19-14/h1-10H,11,18H2. The van der Waals surface area contributed by atoms with Gasteiger partial charge in [0.2, 0.25) is 0 Å². The Morgan fingerprint density at radius 1 is 1.00 bits per heavy atom. The van der Waals surface area contributed by atoms with Crippen LogP contribution in [0.5, 0.6) is 0 Å². The van der Waals surface area contributed by atoms with Crippen molar-refractivity contribution in [2.45, 2.75) is 6.42 Å². The molecule has 1 aromatic heterocycles. The van der Waals surface area contributed by atoms with Crippen LogP contribution in [0.4, 0.5) is 5.69 Å². The van der Waals surface area contributed by atoms with E-state index in [9.17, 15) is 4.79 Å². The van der Waals surface area contributed by atoms with Gasteiger partial charge in [0, 0.05) is 23.1 Å². The number of nitrogen functional groups attached to an aromatic ring is 1. The third-order valence-electron chi connectivity index (χ3n) is 3.29. The molecule has 3 aromatic rings. The van der Waals surface area contributed by atoms with Crippen molar-refractivity contribution < 1.29 is 4.79 Å². The number of nitrogens with two attached hydrogens (primary N) is 1. The summed E-state index contributed by atoms with van der Waals surface area (Å²) in [4.78, 5) is 16.5. The van der Waals surface area contributed by atoms with E-state index >= 15 is 0 Å². The maximum Gasteiger partial charge on any atom is 0.170 e. The van der Waals surface area contributed by atoms with Crippen LogP contribution in [0.15, 0.2) is 60.8 Å². The van der Waals surface area contributed by atoms with Crippen molar-refractivity contribution in [2.24, 2.45) is 0 Å². The molecule has 0 spiro atoms. The molecule has 2 aromatic carbocycles. The monoisotopic (exact) mass is 262 g/mol. The van der Waals surface area contributed by atoms with E-state index in [2.05, 4.69) is 4.98 Å². The number of nitrogens with zero attached hydrogens (tertiary/aromatic N) is 1. The number of aromatic nitrogens is 1. The maximum absolute atomic E-state index is 12.4. The van der Waals surface area contributed by atoms with Crippen LogP contribution in [0.25, 0.3) is 10.8 Å². The number of anilines is 1. The lowest BCUT2D eigenvalue weighted by Crippen LogP contribution is -2.08. The van der Waals surface area contributed by atoms with E-state index in [0.29, 0.717) is 11.3 Å². The largest absolute Gasteiger partial charge is 0.398 e. The van der Waals surface area contributed by atoms with Crippen LogP contribution in [-0.4, -0.2) is 10.8 Å². The van der Waals surface area contributed by atoms with Gasteiger partial charge in [0.1, 0.15) is 0 Å². The zero-order valence-electron chi connectivity index (χ0n) is 10.9. The first kappa shape index (κ1) is 12.4. The SMILES string of the molecule is Nc1cc2ccccc2cc1C(=O)Cc1ccccn1. The van der Waals surface area contributed by atoms with Gasteiger partial charge in [0.05, 0.1) is 6.42 Å². The molecular formula is C17H14N2O. The van der Waals surface area contributed by atoms with Gasteiger partial charge in [-0.1, -0.05) is 30.3 Å². The molecule has 3 rings (SSSR count). The number of carbonyl (C=O) groups is 1. The van der Waals surface area contributed by atoms with Crippen molar-refractivity contribution in [1.82, 2.24) is 4.98 Å². The minimum atomic E-state index is -0.00745. The Bertz CT molecular complexity index is 766. The number of fused-ring (bicyclic) bond motifs is 1. The van der Waals surface area contributed by atoms with Crippen LogP contribution in [0, 0.1) is 0 Å². The molecule has 0 radical (unpaired) electrons. The molecule has 0 saturated carbocycles. The predicted molar refractivity (Wildman–Crippen MR) is 80.6 cm³/mol. The quantitative estimate of drug-likeness (QED) is 0.582. The molecule has 3 nitrogen and oxygen atoms in total. The van der Waals surface area contributed by atoms with Gasteiger partial charge in [-0.2, -0.15) is 0 Å². The third kappa shape index (κ3) is 2.38. The van der Waals surface area contributed by atoms with E-state index in [-0.39, 0.29) is 12.2 Å². The van der Waals surface area contributed by atoms with Gasteiger partial charge in [-0.15, -0.1) is 0 Å². The van der Waals surface area contributed by atoms with Gasteiger partial charge in [0.15, 0.2) is 5.78 Å². The molecule has 1 heterocycles. The number of pyridine rings is 1. The fraction of sp³-hybridized carbons (Fsp3) is 0.0588. The smallest absolute Gasteiger partial charge is 0.170 e. The van der Waals surface area contributed by atoms with Crippen LogP contribution >= 0.6 is 0 Å². The molecule has 0 saturated heterocycles. The zero-order valence-corrected chi connectivity index (χ0v) is 10.9. The third-order valence-corrected chi connectivity index (χ3v) is 3.29. The summed E-state index contributed by atoms with van der Waals surface area (Å²) in [6, 6.07) is 17.1. The topological polar surface area (TPSA) is 56.0 Å². The Morgan fingerprint density at radius 3 is 2.40 bits per heavy atom. The van der Waals surface area contributed by atoms with Crippen molar-refractivity contribution in [2.75, 3.05) is 5.73 Å². The molecule has 0 aliphatic rings. The maximum atomic E-state index is 12.4. The number of hydrogen-bond acceptors (Lipinski definition) is 3. The highest BCUT2D eigenvalue weighted by Gasteiger charge is 2.12. The molecule has 0 atom stereocenters. The average molecular weight is 262 g/mol. The predicted octanol–water partition coefficient (Wildman–Crippen LogP) is 3.24. The number of benzene rings is 2. The number of carbonyl (C=O) groups excluding carboxylic acids is 1. The summed E-state index contributed by atoms with van der Waals surface area (Å²) in [7, 11) is 0. The number of Topliss-reactive ketones (excluding diaryl/α,β-unsaturated/α-hetero) is 1. The van der Waals surface area contributed by atoms with Gasteiger partial charge in [0.25, 0.3) is 0 Å². The Balaban J connectivity index is 1.97. The number of ketones is 1. The van der Waals surface area contributed by atoms with Crippen LogP contribution < -0.4 is 5.73 Å². The average Bonchev–Trinajstić information content (AvgIpc) is 2.47. The lowest BCUT2D eigenvalue weighted by atomic mass is 10.00. The summed E-state index contributed by atoms with van der Waals surface area (Å²) < 4.78 is 0. The van der Waals surface area contributed by atoms with Crippen molar-refractivity contribution in [1.29, 1.82) is 0 Å². The van der Waals surface area contributed by atoms with Crippen molar-refractivity contribution >= 4 is 22.2 Å². The molecule has 0 fully saturated rings. The Labute approximate surface area is 117 Å². The lowest BCUT2D eigenvalue weighted by Gasteiger charge is -2.07. The summed E-state index contributed by atoms with van der Waals surface area (Å²) in [6.07, 6.45) is 1.95. The highest BCUT2D eigenvalue weighted by molar-refractivity contribution is 6.05. The van der Waals surface area contributed by atoms with E-state index in [0.717, 1.165) is 16.5 Å². The molecule has 0 aliphatic carbocycles. The van der Waals surface area contributed by atoms with E-state index < -0.39 is 0 Å². The van der Waals surface area contributed by atoms with Crippen molar-refractivity contribution in [3.8, 4) is 0 Å². The zero-order chi connectivity index (χ0) is 13.9. The van der Waals surface area contributed by atoms with Crippen molar-refractivity contribution in [3.63, 3.8) is 0 Å². The van der Waals surface area contributed by atoms with E-state index in [1.54, 1.807) is 6.20 Å². The second-order valence-corrected chi connectivity index (χ2v) is 4.71. The fourth-order valence-electron chi connectivity index (χ4n) is 2.26. The van der Waals surface area contributed by atoms with Crippen LogP contribution in [0.3, 0.4) is 0 Å². The normalized spacial score (nSPS) is 10.6. The number of hydrogen-bond donors (Lipinski definition) is 1. The molecule has 20 heavy (non-hydrogen) atoms. The molecule has 98 valence electrons. The molecule has 0 aliphatic heterocycles. The molecule has 0 amide bonds. The molecule has 0 bridgehead atoms.